The molecular weight excluding hydrogens is 344 g/mol. The average molecular weight is 366 g/mol. The molecule has 0 bridgehead atoms. The monoisotopic (exact) mass is 366 g/mol. The summed E-state index contributed by atoms with van der Waals surface area (Å²) in [5, 5.41) is 3.27. The summed E-state index contributed by atoms with van der Waals surface area (Å²) in [5.41, 5.74) is 2.94. The van der Waals surface area contributed by atoms with Gasteiger partial charge in [-0.25, -0.2) is 9.79 Å². The van der Waals surface area contributed by atoms with Crippen LogP contribution in [-0.4, -0.2) is 31.3 Å². The molecule has 27 heavy (non-hydrogen) atoms. The van der Waals surface area contributed by atoms with Crippen LogP contribution in [0.3, 0.4) is 0 Å². The van der Waals surface area contributed by atoms with E-state index < -0.39 is 11.9 Å². The van der Waals surface area contributed by atoms with Crippen LogP contribution in [0.5, 0.6) is 5.75 Å². The molecule has 0 fully saturated rings. The van der Waals surface area contributed by atoms with Crippen LogP contribution in [0.4, 0.5) is 0 Å². The number of nitrogens with one attached hydrogen (secondary N) is 1. The molecule has 1 amide bonds. The molecule has 0 saturated heterocycles. The number of methoxy groups -OCH3 is 1. The van der Waals surface area contributed by atoms with E-state index >= 15 is 0 Å². The van der Waals surface area contributed by atoms with Crippen molar-refractivity contribution in [2.24, 2.45) is 10.9 Å². The van der Waals surface area contributed by atoms with Gasteiger partial charge in [-0.15, -0.1) is 0 Å². The van der Waals surface area contributed by atoms with Crippen molar-refractivity contribution in [3.05, 3.63) is 64.9 Å². The number of allylic oxidation sites excluding steroid dienone is 4. The number of ether oxygens (including phenoxy) is 2. The largest absolute Gasteiger partial charge is 0.496 e. The van der Waals surface area contributed by atoms with Crippen molar-refractivity contribution in [1.82, 2.24) is 5.32 Å². The molecule has 1 aromatic carbocycles. The first kappa shape index (κ1) is 18.6. The Morgan fingerprint density at radius 1 is 1.30 bits per heavy atom. The Labute approximate surface area is 158 Å². The minimum Gasteiger partial charge on any atom is -0.496 e. The van der Waals surface area contributed by atoms with E-state index in [1.807, 2.05) is 49.4 Å². The van der Waals surface area contributed by atoms with Crippen molar-refractivity contribution in [2.75, 3.05) is 13.7 Å². The van der Waals surface area contributed by atoms with Crippen LogP contribution in [0.2, 0.25) is 0 Å². The van der Waals surface area contributed by atoms with Gasteiger partial charge < -0.3 is 14.8 Å². The molecule has 2 aliphatic rings. The lowest BCUT2D eigenvalue weighted by molar-refractivity contribution is -0.140. The molecule has 0 aromatic heterocycles. The Morgan fingerprint density at radius 2 is 2.07 bits per heavy atom. The van der Waals surface area contributed by atoms with E-state index in [0.29, 0.717) is 18.0 Å². The quantitative estimate of drug-likeness (QED) is 0.619. The van der Waals surface area contributed by atoms with E-state index in [1.54, 1.807) is 14.0 Å². The fourth-order valence-electron chi connectivity index (χ4n) is 3.20. The number of rotatable bonds is 6. The number of carbonyl (C=O) groups is 2. The number of hydrogen-bond acceptors (Lipinski definition) is 5. The molecule has 1 aliphatic carbocycles. The topological polar surface area (TPSA) is 77.0 Å². The summed E-state index contributed by atoms with van der Waals surface area (Å²) in [5.74, 6) is -0.796. The standard InChI is InChI=1S/C21H22N2O4/c1-4-27-21(25)17-19(22-12-14-9-5-6-11-16(14)26-3)15-10-7-8-13(2)18(15)23-20(17)24/h5-11,15,22H,4,12H2,1-3H3. The van der Waals surface area contributed by atoms with Crippen molar-refractivity contribution >= 4 is 17.6 Å². The Bertz CT molecular complexity index is 893. The second kappa shape index (κ2) is 8.03. The molecule has 0 spiro atoms. The van der Waals surface area contributed by atoms with Crippen molar-refractivity contribution in [3.63, 3.8) is 0 Å². The second-order valence-electron chi connectivity index (χ2n) is 6.19. The number of esters is 1. The van der Waals surface area contributed by atoms with Crippen LogP contribution in [0.1, 0.15) is 19.4 Å². The van der Waals surface area contributed by atoms with E-state index in [4.69, 9.17) is 9.47 Å². The summed E-state index contributed by atoms with van der Waals surface area (Å²) >= 11 is 0. The molecule has 0 saturated carbocycles. The van der Waals surface area contributed by atoms with Gasteiger partial charge in [0.2, 0.25) is 0 Å². The van der Waals surface area contributed by atoms with Crippen LogP contribution in [0, 0.1) is 5.92 Å². The maximum Gasteiger partial charge on any atom is 0.345 e. The zero-order valence-electron chi connectivity index (χ0n) is 15.6. The number of carbonyl (C=O) groups excluding carboxylic acids is 2. The predicted molar refractivity (Wildman–Crippen MR) is 102 cm³/mol. The minimum absolute atomic E-state index is 0.0418. The van der Waals surface area contributed by atoms with E-state index in [0.717, 1.165) is 16.9 Å². The minimum atomic E-state index is -0.659. The molecule has 3 rings (SSSR count). The maximum atomic E-state index is 12.6. The molecule has 6 heteroatoms. The molecule has 1 N–H and O–H groups in total. The van der Waals surface area contributed by atoms with Crippen LogP contribution < -0.4 is 10.1 Å². The van der Waals surface area contributed by atoms with Crippen LogP contribution in [-0.2, 0) is 20.9 Å². The predicted octanol–water partition coefficient (Wildman–Crippen LogP) is 2.72. The number of hydrogen-bond donors (Lipinski definition) is 1. The molecule has 6 nitrogen and oxygen atoms in total. The normalized spacial score (nSPS) is 18.5. The van der Waals surface area contributed by atoms with Gasteiger partial charge in [0.1, 0.15) is 11.3 Å². The smallest absolute Gasteiger partial charge is 0.345 e. The Morgan fingerprint density at radius 3 is 2.81 bits per heavy atom. The van der Waals surface area contributed by atoms with Crippen LogP contribution >= 0.6 is 0 Å². The van der Waals surface area contributed by atoms with Gasteiger partial charge >= 0.3 is 5.97 Å². The number of dihydropyridines is 1. The molecular formula is C21H22N2O4. The number of amides is 1. The van der Waals surface area contributed by atoms with E-state index in [9.17, 15) is 9.59 Å². The second-order valence-corrected chi connectivity index (χ2v) is 6.19. The zero-order valence-corrected chi connectivity index (χ0v) is 15.6. The van der Waals surface area contributed by atoms with Gasteiger partial charge in [-0.2, -0.15) is 0 Å². The van der Waals surface area contributed by atoms with Gasteiger partial charge in [0.05, 0.1) is 25.3 Å². The first-order chi connectivity index (χ1) is 13.1. The highest BCUT2D eigenvalue weighted by Gasteiger charge is 2.36. The first-order valence-corrected chi connectivity index (χ1v) is 8.82. The molecule has 140 valence electrons. The van der Waals surface area contributed by atoms with Gasteiger partial charge in [-0.3, -0.25) is 4.79 Å². The summed E-state index contributed by atoms with van der Waals surface area (Å²) < 4.78 is 10.5. The van der Waals surface area contributed by atoms with Gasteiger partial charge in [0.25, 0.3) is 5.91 Å². The first-order valence-electron chi connectivity index (χ1n) is 8.82. The van der Waals surface area contributed by atoms with Gasteiger partial charge in [-0.05, 0) is 25.5 Å². The lowest BCUT2D eigenvalue weighted by Crippen LogP contribution is -2.36. The number of benzene rings is 1. The van der Waals surface area contributed by atoms with E-state index in [-0.39, 0.29) is 18.1 Å². The summed E-state index contributed by atoms with van der Waals surface area (Å²) in [6.45, 7) is 4.19. The van der Waals surface area contributed by atoms with Gasteiger partial charge in [-0.1, -0.05) is 36.4 Å². The zero-order chi connectivity index (χ0) is 19.4. The van der Waals surface area contributed by atoms with Gasteiger partial charge in [0.15, 0.2) is 0 Å². The molecule has 1 unspecified atom stereocenters. The third-order valence-electron chi connectivity index (χ3n) is 4.51. The highest BCUT2D eigenvalue weighted by Crippen LogP contribution is 2.30. The average Bonchev–Trinajstić information content (AvgIpc) is 2.67. The summed E-state index contributed by atoms with van der Waals surface area (Å²) in [4.78, 5) is 29.2. The number of aliphatic imine (C=N–C) groups is 1. The Hall–Kier alpha value is -3.15. The van der Waals surface area contributed by atoms with E-state index in [2.05, 4.69) is 10.3 Å². The highest BCUT2D eigenvalue weighted by atomic mass is 16.5. The SMILES string of the molecule is CCOC(=O)C1=C(NCc2ccccc2OC)C2C=CC=C(C)C2=NC1=O. The van der Waals surface area contributed by atoms with Crippen molar-refractivity contribution in [2.45, 2.75) is 20.4 Å². The maximum absolute atomic E-state index is 12.6. The lowest BCUT2D eigenvalue weighted by atomic mass is 9.85. The number of fused-ring (bicyclic) bond motifs is 1. The fourth-order valence-corrected chi connectivity index (χ4v) is 3.20. The number of para-hydroxylation sites is 1. The Kier molecular flexibility index (Phi) is 5.54. The summed E-state index contributed by atoms with van der Waals surface area (Å²) in [6.07, 6.45) is 5.72. The number of nitrogens with zero attached hydrogens (tertiary/aromatic N) is 1. The molecule has 1 heterocycles. The van der Waals surface area contributed by atoms with Crippen LogP contribution in [0.15, 0.2) is 64.3 Å². The van der Waals surface area contributed by atoms with E-state index in [1.165, 1.54) is 0 Å². The van der Waals surface area contributed by atoms with Crippen molar-refractivity contribution < 1.29 is 19.1 Å². The molecule has 1 aliphatic heterocycles. The lowest BCUT2D eigenvalue weighted by Gasteiger charge is -2.28. The fraction of sp³-hybridized carbons (Fsp3) is 0.286. The summed E-state index contributed by atoms with van der Waals surface area (Å²) in [7, 11) is 1.61. The molecule has 0 radical (unpaired) electrons. The third-order valence-corrected chi connectivity index (χ3v) is 4.51. The highest BCUT2D eigenvalue weighted by molar-refractivity contribution is 6.25. The van der Waals surface area contributed by atoms with Crippen molar-refractivity contribution in [1.29, 1.82) is 0 Å². The Balaban J connectivity index is 1.98. The molecule has 1 atom stereocenters. The van der Waals surface area contributed by atoms with Gasteiger partial charge in [0, 0.05) is 17.8 Å². The molecule has 1 aromatic rings. The summed E-state index contributed by atoms with van der Waals surface area (Å²) in [6, 6.07) is 7.59. The van der Waals surface area contributed by atoms with Crippen LogP contribution in [0.25, 0.3) is 0 Å². The van der Waals surface area contributed by atoms with Crippen molar-refractivity contribution in [3.8, 4) is 5.75 Å². The third kappa shape index (κ3) is 3.69.